The van der Waals surface area contributed by atoms with E-state index >= 15 is 0 Å². The Kier molecular flexibility index (Phi) is 6.28. The number of nitrogens with zero attached hydrogens (tertiary/aromatic N) is 4. The molecule has 0 spiro atoms. The molecule has 1 aliphatic rings. The van der Waals surface area contributed by atoms with Crippen molar-refractivity contribution in [3.05, 3.63) is 72.3 Å². The number of morpholine rings is 1. The molecule has 1 amide bonds. The highest BCUT2D eigenvalue weighted by Crippen LogP contribution is 2.29. The van der Waals surface area contributed by atoms with Crippen LogP contribution in [0.25, 0.3) is 16.5 Å². The van der Waals surface area contributed by atoms with E-state index in [-0.39, 0.29) is 11.7 Å². The first-order chi connectivity index (χ1) is 16.2. The van der Waals surface area contributed by atoms with Gasteiger partial charge in [0, 0.05) is 24.2 Å². The molecule has 33 heavy (non-hydrogen) atoms. The molecule has 1 N–H and O–H groups in total. The van der Waals surface area contributed by atoms with Crippen LogP contribution in [-0.4, -0.2) is 52.7 Å². The van der Waals surface area contributed by atoms with Crippen molar-refractivity contribution >= 4 is 40.1 Å². The average molecular weight is 460 g/mol. The highest BCUT2D eigenvalue weighted by atomic mass is 32.2. The molecule has 1 aromatic heterocycles. The summed E-state index contributed by atoms with van der Waals surface area (Å²) >= 11 is 1.39. The van der Waals surface area contributed by atoms with E-state index in [1.807, 2.05) is 54.6 Å². The molecule has 0 aliphatic carbocycles. The Morgan fingerprint density at radius 1 is 1.00 bits per heavy atom. The van der Waals surface area contributed by atoms with Crippen LogP contribution in [-0.2, 0) is 9.53 Å². The smallest absolute Gasteiger partial charge is 0.234 e. The van der Waals surface area contributed by atoms with Gasteiger partial charge in [-0.1, -0.05) is 66.4 Å². The Hall–Kier alpha value is -3.36. The maximum Gasteiger partial charge on any atom is 0.234 e. The zero-order valence-electron chi connectivity index (χ0n) is 18.4. The standard InChI is InChI=1S/C25H25N5O2S/c1-18-7-2-5-12-22(18)30-24(29-13-15-32-16-14-29)27-28-25(30)33-17-23(31)26-21-11-6-9-19-8-3-4-10-20(19)21/h2-12H,13-17H2,1H3,(H,26,31). The molecule has 0 unspecified atom stereocenters. The fourth-order valence-corrected chi connectivity index (χ4v) is 4.74. The number of fused-ring (bicyclic) bond motifs is 1. The van der Waals surface area contributed by atoms with Crippen LogP contribution in [0.1, 0.15) is 5.56 Å². The number of aromatic nitrogens is 3. The number of benzene rings is 3. The van der Waals surface area contributed by atoms with Crippen LogP contribution >= 0.6 is 11.8 Å². The zero-order valence-corrected chi connectivity index (χ0v) is 19.2. The second-order valence-electron chi connectivity index (χ2n) is 7.87. The molecule has 3 aromatic carbocycles. The van der Waals surface area contributed by atoms with Crippen molar-refractivity contribution < 1.29 is 9.53 Å². The van der Waals surface area contributed by atoms with Gasteiger partial charge in [0.05, 0.1) is 24.7 Å². The van der Waals surface area contributed by atoms with E-state index < -0.39 is 0 Å². The van der Waals surface area contributed by atoms with Crippen LogP contribution in [0, 0.1) is 6.92 Å². The summed E-state index contributed by atoms with van der Waals surface area (Å²) in [6, 6.07) is 22.1. The van der Waals surface area contributed by atoms with E-state index in [9.17, 15) is 4.79 Å². The van der Waals surface area contributed by atoms with Crippen LogP contribution in [0.4, 0.5) is 11.6 Å². The van der Waals surface area contributed by atoms with E-state index in [2.05, 4.69) is 44.0 Å². The number of aryl methyl sites for hydroxylation is 1. The molecule has 4 aromatic rings. The molecule has 8 heteroatoms. The van der Waals surface area contributed by atoms with E-state index in [4.69, 9.17) is 4.74 Å². The fraction of sp³-hybridized carbons (Fsp3) is 0.240. The van der Waals surface area contributed by atoms with E-state index in [1.165, 1.54) is 11.8 Å². The van der Waals surface area contributed by atoms with Gasteiger partial charge >= 0.3 is 0 Å². The molecule has 1 fully saturated rings. The summed E-state index contributed by atoms with van der Waals surface area (Å²) in [7, 11) is 0. The second-order valence-corrected chi connectivity index (χ2v) is 8.81. The third-order valence-electron chi connectivity index (χ3n) is 5.66. The van der Waals surface area contributed by atoms with Crippen molar-refractivity contribution in [1.29, 1.82) is 0 Å². The van der Waals surface area contributed by atoms with E-state index in [1.54, 1.807) is 0 Å². The zero-order chi connectivity index (χ0) is 22.6. The minimum Gasteiger partial charge on any atom is -0.378 e. The molecule has 7 nitrogen and oxygen atoms in total. The van der Waals surface area contributed by atoms with Gasteiger partial charge < -0.3 is 15.0 Å². The first kappa shape index (κ1) is 21.5. The minimum atomic E-state index is -0.0800. The molecule has 1 aliphatic heterocycles. The van der Waals surface area contributed by atoms with Crippen LogP contribution < -0.4 is 10.2 Å². The number of para-hydroxylation sites is 1. The highest BCUT2D eigenvalue weighted by Gasteiger charge is 2.23. The normalized spacial score (nSPS) is 13.9. The number of hydrogen-bond donors (Lipinski definition) is 1. The van der Waals surface area contributed by atoms with Gasteiger partial charge in [0.25, 0.3) is 0 Å². The highest BCUT2D eigenvalue weighted by molar-refractivity contribution is 7.99. The fourth-order valence-electron chi connectivity index (χ4n) is 4.00. The van der Waals surface area contributed by atoms with Crippen LogP contribution in [0.3, 0.4) is 0 Å². The van der Waals surface area contributed by atoms with Crippen molar-refractivity contribution in [2.24, 2.45) is 0 Å². The first-order valence-corrected chi connectivity index (χ1v) is 11.9. The van der Waals surface area contributed by atoms with E-state index in [0.717, 1.165) is 46.7 Å². The largest absolute Gasteiger partial charge is 0.378 e. The number of carbonyl (C=O) groups excluding carboxylic acids is 1. The van der Waals surface area contributed by atoms with Crippen molar-refractivity contribution in [2.75, 3.05) is 42.3 Å². The molecule has 2 heterocycles. The third-order valence-corrected chi connectivity index (χ3v) is 6.59. The first-order valence-electron chi connectivity index (χ1n) is 11.0. The predicted octanol–water partition coefficient (Wildman–Crippen LogP) is 4.30. The third kappa shape index (κ3) is 4.58. The Bertz CT molecular complexity index is 1280. The Morgan fingerprint density at radius 2 is 1.76 bits per heavy atom. The average Bonchev–Trinajstić information content (AvgIpc) is 3.27. The lowest BCUT2D eigenvalue weighted by Crippen LogP contribution is -2.38. The Morgan fingerprint density at radius 3 is 2.61 bits per heavy atom. The van der Waals surface area contributed by atoms with Gasteiger partial charge in [0.1, 0.15) is 0 Å². The van der Waals surface area contributed by atoms with Crippen molar-refractivity contribution in [1.82, 2.24) is 14.8 Å². The second kappa shape index (κ2) is 9.64. The number of carbonyl (C=O) groups is 1. The maximum atomic E-state index is 12.8. The van der Waals surface area contributed by atoms with Gasteiger partial charge in [-0.25, -0.2) is 0 Å². The number of ether oxygens (including phenoxy) is 1. The number of nitrogens with one attached hydrogen (secondary N) is 1. The molecule has 5 rings (SSSR count). The molecular weight excluding hydrogens is 434 g/mol. The van der Waals surface area contributed by atoms with Crippen molar-refractivity contribution in [3.63, 3.8) is 0 Å². The van der Waals surface area contributed by atoms with Gasteiger partial charge in [0.2, 0.25) is 11.9 Å². The summed E-state index contributed by atoms with van der Waals surface area (Å²) in [4.78, 5) is 15.0. The number of rotatable bonds is 6. The van der Waals surface area contributed by atoms with E-state index in [0.29, 0.717) is 18.4 Å². The maximum absolute atomic E-state index is 12.8. The summed E-state index contributed by atoms with van der Waals surface area (Å²) < 4.78 is 7.56. The Labute approximate surface area is 196 Å². The van der Waals surface area contributed by atoms with Gasteiger partial charge in [-0.05, 0) is 30.0 Å². The molecule has 1 saturated heterocycles. The summed E-state index contributed by atoms with van der Waals surface area (Å²) in [5, 5.41) is 14.8. The summed E-state index contributed by atoms with van der Waals surface area (Å²) in [5.74, 6) is 0.934. The summed E-state index contributed by atoms with van der Waals surface area (Å²) in [6.07, 6.45) is 0. The van der Waals surface area contributed by atoms with Gasteiger partial charge in [0.15, 0.2) is 5.16 Å². The minimum absolute atomic E-state index is 0.0800. The monoisotopic (exact) mass is 459 g/mol. The van der Waals surface area contributed by atoms with Crippen LogP contribution in [0.5, 0.6) is 0 Å². The lowest BCUT2D eigenvalue weighted by atomic mass is 10.1. The summed E-state index contributed by atoms with van der Waals surface area (Å²) in [5.41, 5.74) is 2.95. The SMILES string of the molecule is Cc1ccccc1-n1c(SCC(=O)Nc2cccc3ccccc23)nnc1N1CCOCC1. The number of amides is 1. The number of thioether (sulfide) groups is 1. The van der Waals surface area contributed by atoms with Gasteiger partial charge in [-0.2, -0.15) is 0 Å². The molecule has 0 atom stereocenters. The van der Waals surface area contributed by atoms with Crippen LogP contribution in [0.15, 0.2) is 71.9 Å². The Balaban J connectivity index is 1.38. The predicted molar refractivity (Wildman–Crippen MR) is 132 cm³/mol. The molecule has 0 radical (unpaired) electrons. The number of hydrogen-bond acceptors (Lipinski definition) is 6. The summed E-state index contributed by atoms with van der Waals surface area (Å²) in [6.45, 7) is 4.92. The number of anilines is 2. The van der Waals surface area contributed by atoms with Crippen molar-refractivity contribution in [2.45, 2.75) is 12.1 Å². The van der Waals surface area contributed by atoms with Crippen molar-refractivity contribution in [3.8, 4) is 5.69 Å². The van der Waals surface area contributed by atoms with Gasteiger partial charge in [-0.15, -0.1) is 10.2 Å². The van der Waals surface area contributed by atoms with Crippen LogP contribution in [0.2, 0.25) is 0 Å². The molecule has 168 valence electrons. The molecule has 0 saturated carbocycles. The quantitative estimate of drug-likeness (QED) is 0.434. The lowest BCUT2D eigenvalue weighted by Gasteiger charge is -2.28. The molecule has 0 bridgehead atoms. The lowest BCUT2D eigenvalue weighted by molar-refractivity contribution is -0.113. The van der Waals surface area contributed by atoms with Gasteiger partial charge in [-0.3, -0.25) is 9.36 Å². The molecular formula is C25H25N5O2S. The topological polar surface area (TPSA) is 72.3 Å².